The Morgan fingerprint density at radius 3 is 2.24 bits per heavy atom. The highest BCUT2D eigenvalue weighted by atomic mass is 32.2. The first-order chi connectivity index (χ1) is 25.7. The lowest BCUT2D eigenvalue weighted by Crippen LogP contribution is -2.44. The number of phenols is 1. The van der Waals surface area contributed by atoms with Gasteiger partial charge in [-0.1, -0.05) is 69.9 Å². The summed E-state index contributed by atoms with van der Waals surface area (Å²) in [6, 6.07) is 17.2. The molecule has 12 nitrogen and oxygen atoms in total. The first kappa shape index (κ1) is 42.7. The van der Waals surface area contributed by atoms with Crippen LogP contribution >= 0.6 is 11.8 Å². The van der Waals surface area contributed by atoms with Gasteiger partial charge in [-0.15, -0.1) is 11.8 Å². The molecule has 0 radical (unpaired) electrons. The van der Waals surface area contributed by atoms with Gasteiger partial charge in [0.15, 0.2) is 15.6 Å². The molecule has 3 aromatic rings. The number of hydrogen-bond donors (Lipinski definition) is 4. The number of sulfone groups is 1. The summed E-state index contributed by atoms with van der Waals surface area (Å²) in [5.41, 5.74) is 3.61. The van der Waals surface area contributed by atoms with Crippen LogP contribution in [-0.2, 0) is 35.0 Å². The third kappa shape index (κ3) is 11.2. The smallest absolute Gasteiger partial charge is 0.326 e. The summed E-state index contributed by atoms with van der Waals surface area (Å²) in [4.78, 5) is 47.4. The molecule has 1 aliphatic heterocycles. The maximum absolute atomic E-state index is 14.4. The SMILES string of the molecule is CCCCC1(CCCC)CN(c2ccccc2)c2cc(SC)c(ONC(=O)CC(C(=O)NC(CCS(C)=O)C(=O)O)c3ccc(O)cc3)cc2S(=O)(=O)C1. The Labute approximate surface area is 324 Å². The van der Waals surface area contributed by atoms with Crippen LogP contribution in [0.25, 0.3) is 0 Å². The van der Waals surface area contributed by atoms with E-state index >= 15 is 0 Å². The van der Waals surface area contributed by atoms with Crippen molar-refractivity contribution in [1.82, 2.24) is 10.8 Å². The number of carboxylic acids is 1. The lowest BCUT2D eigenvalue weighted by molar-refractivity contribution is -0.142. The van der Waals surface area contributed by atoms with Crippen molar-refractivity contribution in [3.8, 4) is 11.5 Å². The first-order valence-corrected chi connectivity index (χ1v) is 22.7. The van der Waals surface area contributed by atoms with Gasteiger partial charge in [-0.25, -0.2) is 13.2 Å². The van der Waals surface area contributed by atoms with Crippen LogP contribution in [0.3, 0.4) is 0 Å². The van der Waals surface area contributed by atoms with Gasteiger partial charge in [-0.3, -0.25) is 13.8 Å². The number of hydrogen-bond acceptors (Lipinski definition) is 10. The minimum Gasteiger partial charge on any atom is -0.508 e. The molecule has 3 aromatic carbocycles. The molecule has 1 aliphatic rings. The Bertz CT molecular complexity index is 1880. The van der Waals surface area contributed by atoms with E-state index in [1.807, 2.05) is 36.6 Å². The van der Waals surface area contributed by atoms with Gasteiger partial charge < -0.3 is 25.3 Å². The van der Waals surface area contributed by atoms with E-state index in [1.165, 1.54) is 48.3 Å². The number of unbranched alkanes of at least 4 members (excludes halogenated alkanes) is 2. The van der Waals surface area contributed by atoms with Gasteiger partial charge in [0, 0.05) is 52.9 Å². The van der Waals surface area contributed by atoms with Gasteiger partial charge in [0.1, 0.15) is 11.8 Å². The highest BCUT2D eigenvalue weighted by Gasteiger charge is 2.42. The molecule has 15 heteroatoms. The van der Waals surface area contributed by atoms with Crippen LogP contribution in [0.15, 0.2) is 76.5 Å². The predicted octanol–water partition coefficient (Wildman–Crippen LogP) is 6.33. The minimum absolute atomic E-state index is 0.0321. The lowest BCUT2D eigenvalue weighted by Gasteiger charge is -2.37. The Kier molecular flexibility index (Phi) is 15.4. The Morgan fingerprint density at radius 2 is 1.67 bits per heavy atom. The number of aromatic hydroxyl groups is 1. The summed E-state index contributed by atoms with van der Waals surface area (Å²) < 4.78 is 40.5. The van der Waals surface area contributed by atoms with E-state index in [0.717, 1.165) is 44.2 Å². The van der Waals surface area contributed by atoms with Crippen LogP contribution in [0, 0.1) is 5.41 Å². The van der Waals surface area contributed by atoms with Crippen molar-refractivity contribution in [3.05, 3.63) is 72.3 Å². The quantitative estimate of drug-likeness (QED) is 0.0787. The average molecular weight is 802 g/mol. The van der Waals surface area contributed by atoms with Gasteiger partial charge >= 0.3 is 5.97 Å². The molecule has 294 valence electrons. The molecule has 54 heavy (non-hydrogen) atoms. The van der Waals surface area contributed by atoms with E-state index < -0.39 is 62.2 Å². The van der Waals surface area contributed by atoms with Crippen molar-refractivity contribution < 1.29 is 42.1 Å². The fraction of sp³-hybridized carbons (Fsp3) is 0.462. The molecule has 2 amide bonds. The van der Waals surface area contributed by atoms with Gasteiger partial charge in [-0.05, 0) is 61.4 Å². The molecule has 0 spiro atoms. The van der Waals surface area contributed by atoms with Crippen LogP contribution in [0.5, 0.6) is 11.5 Å². The van der Waals surface area contributed by atoms with Crippen molar-refractivity contribution in [3.63, 3.8) is 0 Å². The summed E-state index contributed by atoms with van der Waals surface area (Å²) in [6.45, 7) is 4.73. The molecule has 0 fully saturated rings. The number of nitrogens with one attached hydrogen (secondary N) is 2. The Hall–Kier alpha value is -4.08. The summed E-state index contributed by atoms with van der Waals surface area (Å²) in [7, 11) is -5.15. The zero-order valence-electron chi connectivity index (χ0n) is 31.2. The maximum Gasteiger partial charge on any atom is 0.326 e. The van der Waals surface area contributed by atoms with E-state index in [-0.39, 0.29) is 34.3 Å². The molecule has 3 atom stereocenters. The Morgan fingerprint density at radius 1 is 1.02 bits per heavy atom. The second-order valence-corrected chi connectivity index (χ2v) is 18.2. The van der Waals surface area contributed by atoms with Crippen molar-refractivity contribution in [2.45, 2.75) is 87.0 Å². The molecule has 0 bridgehead atoms. The number of carbonyl (C=O) groups excluding carboxylic acids is 2. The molecule has 0 aromatic heterocycles. The molecule has 1 heterocycles. The third-order valence-corrected chi connectivity index (χ3v) is 13.2. The lowest BCUT2D eigenvalue weighted by atomic mass is 9.79. The number of amides is 2. The second kappa shape index (κ2) is 19.5. The number of nitrogens with zero attached hydrogens (tertiary/aromatic N) is 1. The molecule has 0 saturated heterocycles. The summed E-state index contributed by atoms with van der Waals surface area (Å²) >= 11 is 1.32. The highest BCUT2D eigenvalue weighted by molar-refractivity contribution is 7.98. The largest absolute Gasteiger partial charge is 0.508 e. The highest BCUT2D eigenvalue weighted by Crippen LogP contribution is 2.47. The summed E-state index contributed by atoms with van der Waals surface area (Å²) in [5, 5.41) is 22.0. The third-order valence-electron chi connectivity index (χ3n) is 9.63. The number of carbonyl (C=O) groups is 3. The standard InChI is InChI=1S/C39H51N3O9S3/c1-5-7-19-39(20-8-6-2)25-42(28-12-10-9-11-13-28)32-23-34(52-3)33(24-35(32)54(49,50)26-39)51-41-36(44)22-30(27-14-16-29(43)17-15-27)37(45)40-31(38(46)47)18-21-53(4)48/h9-17,23-24,30-31,43H,5-8,18-22,25-26H2,1-4H3,(H,40,45)(H,41,44)(H,46,47). The number of phenolic OH excluding ortho intramolecular Hbond substituents is 1. The van der Waals surface area contributed by atoms with Gasteiger partial charge in [0.25, 0.3) is 5.91 Å². The van der Waals surface area contributed by atoms with Crippen LogP contribution in [0.4, 0.5) is 11.4 Å². The van der Waals surface area contributed by atoms with Gasteiger partial charge in [-0.2, -0.15) is 5.48 Å². The number of carboxylic acid groups (broad SMARTS) is 1. The zero-order valence-corrected chi connectivity index (χ0v) is 33.7. The average Bonchev–Trinajstić information content (AvgIpc) is 3.24. The monoisotopic (exact) mass is 801 g/mol. The number of aliphatic carboxylic acids is 1. The Balaban J connectivity index is 1.67. The van der Waals surface area contributed by atoms with Gasteiger partial charge in [0.05, 0.1) is 27.1 Å². The van der Waals surface area contributed by atoms with Crippen LogP contribution in [0.2, 0.25) is 0 Å². The zero-order chi connectivity index (χ0) is 39.5. The number of rotatable bonds is 19. The summed E-state index contributed by atoms with van der Waals surface area (Å²) in [5.74, 6) is -3.94. The van der Waals surface area contributed by atoms with Crippen molar-refractivity contribution in [2.24, 2.45) is 5.41 Å². The van der Waals surface area contributed by atoms with Crippen molar-refractivity contribution in [1.29, 1.82) is 0 Å². The second-order valence-electron chi connectivity index (χ2n) is 13.8. The molecule has 4 N–H and O–H groups in total. The van der Waals surface area contributed by atoms with Crippen LogP contribution in [-0.4, -0.2) is 77.2 Å². The van der Waals surface area contributed by atoms with E-state index in [1.54, 1.807) is 6.07 Å². The number of hydroxylamine groups is 1. The number of fused-ring (bicyclic) bond motifs is 1. The number of para-hydroxylation sites is 1. The topological polar surface area (TPSA) is 179 Å². The molecule has 0 saturated carbocycles. The molecule has 0 aliphatic carbocycles. The van der Waals surface area contributed by atoms with Gasteiger partial charge in [0.2, 0.25) is 5.91 Å². The number of thioether (sulfide) groups is 1. The molecule has 4 rings (SSSR count). The maximum atomic E-state index is 14.4. The van der Waals surface area contributed by atoms with Crippen LogP contribution < -0.4 is 20.5 Å². The first-order valence-electron chi connectivity index (χ1n) is 18.1. The molecule has 3 unspecified atom stereocenters. The minimum atomic E-state index is -3.86. The van der Waals surface area contributed by atoms with Crippen molar-refractivity contribution >= 4 is 61.6 Å². The molecular formula is C39H51N3O9S3. The fourth-order valence-corrected chi connectivity index (χ4v) is 9.98. The van der Waals surface area contributed by atoms with E-state index in [0.29, 0.717) is 22.7 Å². The summed E-state index contributed by atoms with van der Waals surface area (Å²) in [6.07, 6.45) is 7.89. The predicted molar refractivity (Wildman–Crippen MR) is 213 cm³/mol. The van der Waals surface area contributed by atoms with Crippen LogP contribution in [0.1, 0.15) is 76.7 Å². The van der Waals surface area contributed by atoms with E-state index in [9.17, 15) is 37.2 Å². The molecular weight excluding hydrogens is 751 g/mol. The fourth-order valence-electron chi connectivity index (χ4n) is 6.77. The van der Waals surface area contributed by atoms with E-state index in [4.69, 9.17) is 4.84 Å². The van der Waals surface area contributed by atoms with E-state index in [2.05, 4.69) is 29.5 Å². The van der Waals surface area contributed by atoms with Crippen molar-refractivity contribution in [2.75, 3.05) is 35.5 Å². The number of anilines is 2. The normalized spacial score (nSPS) is 16.3. The number of benzene rings is 3.